The third kappa shape index (κ3) is 2.70. The van der Waals surface area contributed by atoms with E-state index in [2.05, 4.69) is 26.2 Å². The summed E-state index contributed by atoms with van der Waals surface area (Å²) < 4.78 is 15.8. The highest BCUT2D eigenvalue weighted by Crippen LogP contribution is 2.24. The average Bonchev–Trinajstić information content (AvgIpc) is 2.68. The Morgan fingerprint density at radius 2 is 2.29 bits per heavy atom. The van der Waals surface area contributed by atoms with Crippen LogP contribution in [-0.2, 0) is 13.5 Å². The van der Waals surface area contributed by atoms with Gasteiger partial charge in [-0.15, -0.1) is 5.10 Å². The minimum absolute atomic E-state index is 0.316. The average molecular weight is 299 g/mol. The van der Waals surface area contributed by atoms with Gasteiger partial charge >= 0.3 is 0 Å². The molecule has 0 saturated heterocycles. The van der Waals surface area contributed by atoms with Gasteiger partial charge in [-0.25, -0.2) is 4.39 Å². The molecule has 0 aliphatic rings. The summed E-state index contributed by atoms with van der Waals surface area (Å²) in [7, 11) is 1.78. The number of nitrogens with two attached hydrogens (primary N) is 1. The fourth-order valence-corrected chi connectivity index (χ4v) is 2.01. The summed E-state index contributed by atoms with van der Waals surface area (Å²) in [6.45, 7) is 0. The minimum Gasteiger partial charge on any atom is -0.324 e. The molecule has 0 spiro atoms. The molecular weight excluding hydrogens is 287 g/mol. The monoisotopic (exact) mass is 298 g/mol. The van der Waals surface area contributed by atoms with Gasteiger partial charge in [-0.3, -0.25) is 4.68 Å². The quantitative estimate of drug-likeness (QED) is 0.942. The highest BCUT2D eigenvalue weighted by Gasteiger charge is 2.15. The predicted octanol–water partition coefficient (Wildman–Crippen LogP) is 1.96. The number of benzene rings is 1. The molecule has 0 fully saturated rings. The third-order valence-corrected chi connectivity index (χ3v) is 3.07. The summed E-state index contributed by atoms with van der Waals surface area (Å²) in [6.07, 6.45) is 2.23. The first-order chi connectivity index (χ1) is 8.08. The highest BCUT2D eigenvalue weighted by molar-refractivity contribution is 9.10. The Morgan fingerprint density at radius 3 is 2.94 bits per heavy atom. The normalized spacial score (nSPS) is 12.7. The number of halogens is 2. The van der Waals surface area contributed by atoms with E-state index in [4.69, 9.17) is 5.73 Å². The van der Waals surface area contributed by atoms with Crippen LogP contribution in [0.2, 0.25) is 0 Å². The highest BCUT2D eigenvalue weighted by atomic mass is 79.9. The van der Waals surface area contributed by atoms with Crippen LogP contribution in [0.25, 0.3) is 0 Å². The van der Waals surface area contributed by atoms with Gasteiger partial charge in [-0.1, -0.05) is 17.3 Å². The maximum atomic E-state index is 13.8. The number of hydrogen-bond donors (Lipinski definition) is 1. The van der Waals surface area contributed by atoms with Crippen LogP contribution in [-0.4, -0.2) is 15.0 Å². The summed E-state index contributed by atoms with van der Waals surface area (Å²) in [5.74, 6) is -0.316. The lowest BCUT2D eigenvalue weighted by molar-refractivity contribution is 0.572. The Kier molecular flexibility index (Phi) is 3.54. The van der Waals surface area contributed by atoms with Crippen molar-refractivity contribution < 1.29 is 4.39 Å². The van der Waals surface area contributed by atoms with Gasteiger partial charge in [0.15, 0.2) is 0 Å². The molecule has 0 aliphatic heterocycles. The van der Waals surface area contributed by atoms with Crippen molar-refractivity contribution in [3.8, 4) is 0 Å². The maximum absolute atomic E-state index is 13.8. The van der Waals surface area contributed by atoms with Gasteiger partial charge in [-0.2, -0.15) is 0 Å². The molecule has 0 saturated carbocycles. The molecule has 90 valence electrons. The Hall–Kier alpha value is -1.27. The van der Waals surface area contributed by atoms with Crippen molar-refractivity contribution in [1.29, 1.82) is 0 Å². The smallest absolute Gasteiger partial charge is 0.142 e. The lowest BCUT2D eigenvalue weighted by Crippen LogP contribution is -2.15. The third-order valence-electron chi connectivity index (χ3n) is 2.46. The number of rotatable bonds is 3. The van der Waals surface area contributed by atoms with Gasteiger partial charge in [-0.05, 0) is 22.0 Å². The molecule has 1 heterocycles. The SMILES string of the molecule is Cn1cc(CC(N)c2cccc(Br)c2F)nn1. The fourth-order valence-electron chi connectivity index (χ4n) is 1.63. The number of hydrogen-bond acceptors (Lipinski definition) is 3. The fraction of sp³-hybridized carbons (Fsp3) is 0.273. The van der Waals surface area contributed by atoms with Crippen LogP contribution in [0, 0.1) is 5.82 Å². The van der Waals surface area contributed by atoms with Gasteiger partial charge in [0.05, 0.1) is 10.2 Å². The Balaban J connectivity index is 2.20. The Labute approximate surface area is 107 Å². The molecule has 1 aromatic heterocycles. The Bertz CT molecular complexity index is 526. The topological polar surface area (TPSA) is 56.7 Å². The molecule has 0 amide bonds. The Morgan fingerprint density at radius 1 is 1.53 bits per heavy atom. The first kappa shape index (κ1) is 12.2. The molecule has 6 heteroatoms. The zero-order valence-corrected chi connectivity index (χ0v) is 10.9. The molecule has 17 heavy (non-hydrogen) atoms. The lowest BCUT2D eigenvalue weighted by Gasteiger charge is -2.11. The first-order valence-corrected chi connectivity index (χ1v) is 5.92. The van der Waals surface area contributed by atoms with Crippen molar-refractivity contribution in [3.05, 3.63) is 45.9 Å². The summed E-state index contributed by atoms with van der Waals surface area (Å²) in [6, 6.07) is 4.66. The molecule has 1 atom stereocenters. The van der Waals surface area contributed by atoms with Crippen LogP contribution < -0.4 is 5.73 Å². The summed E-state index contributed by atoms with van der Waals surface area (Å²) in [5.41, 5.74) is 7.19. The minimum atomic E-state index is -0.427. The molecular formula is C11H12BrFN4. The van der Waals surface area contributed by atoms with E-state index >= 15 is 0 Å². The molecule has 1 aromatic carbocycles. The second-order valence-electron chi connectivity index (χ2n) is 3.84. The van der Waals surface area contributed by atoms with Gasteiger partial charge in [0.1, 0.15) is 5.82 Å². The van der Waals surface area contributed by atoms with Crippen LogP contribution in [0.3, 0.4) is 0 Å². The standard InChI is InChI=1S/C11H12BrFN4/c1-17-6-7(15-16-17)5-10(14)8-3-2-4-9(12)11(8)13/h2-4,6,10H,5,14H2,1H3. The molecule has 0 bridgehead atoms. The summed E-state index contributed by atoms with van der Waals surface area (Å²) >= 11 is 3.14. The van der Waals surface area contributed by atoms with Crippen LogP contribution in [0.15, 0.2) is 28.9 Å². The van der Waals surface area contributed by atoms with Gasteiger partial charge < -0.3 is 5.73 Å². The predicted molar refractivity (Wildman–Crippen MR) is 65.7 cm³/mol. The van der Waals surface area contributed by atoms with Crippen LogP contribution in [0.5, 0.6) is 0 Å². The second kappa shape index (κ2) is 4.93. The maximum Gasteiger partial charge on any atom is 0.142 e. The van der Waals surface area contributed by atoms with Crippen LogP contribution in [0.1, 0.15) is 17.3 Å². The molecule has 4 nitrogen and oxygen atoms in total. The zero-order chi connectivity index (χ0) is 12.4. The van der Waals surface area contributed by atoms with Crippen molar-refractivity contribution >= 4 is 15.9 Å². The second-order valence-corrected chi connectivity index (χ2v) is 4.69. The van der Waals surface area contributed by atoms with Gasteiger partial charge in [0.2, 0.25) is 0 Å². The van der Waals surface area contributed by atoms with E-state index in [9.17, 15) is 4.39 Å². The van der Waals surface area contributed by atoms with Crippen molar-refractivity contribution in [2.24, 2.45) is 12.8 Å². The number of aromatic nitrogens is 3. The molecule has 0 radical (unpaired) electrons. The van der Waals surface area contributed by atoms with Crippen LogP contribution in [0.4, 0.5) is 4.39 Å². The molecule has 2 rings (SSSR count). The first-order valence-electron chi connectivity index (χ1n) is 5.12. The van der Waals surface area contributed by atoms with Crippen molar-refractivity contribution in [2.75, 3.05) is 0 Å². The van der Waals surface area contributed by atoms with Gasteiger partial charge in [0, 0.05) is 31.3 Å². The molecule has 2 N–H and O–H groups in total. The zero-order valence-electron chi connectivity index (χ0n) is 9.27. The van der Waals surface area contributed by atoms with E-state index in [1.54, 1.807) is 36.1 Å². The lowest BCUT2D eigenvalue weighted by atomic mass is 10.0. The van der Waals surface area contributed by atoms with E-state index in [0.29, 0.717) is 16.5 Å². The number of aryl methyl sites for hydroxylation is 1. The van der Waals surface area contributed by atoms with E-state index < -0.39 is 6.04 Å². The van der Waals surface area contributed by atoms with Gasteiger partial charge in [0.25, 0.3) is 0 Å². The largest absolute Gasteiger partial charge is 0.324 e. The van der Waals surface area contributed by atoms with Crippen molar-refractivity contribution in [3.63, 3.8) is 0 Å². The van der Waals surface area contributed by atoms with E-state index in [-0.39, 0.29) is 5.82 Å². The summed E-state index contributed by atoms with van der Waals surface area (Å²) in [5, 5.41) is 7.74. The van der Waals surface area contributed by atoms with Crippen molar-refractivity contribution in [2.45, 2.75) is 12.5 Å². The number of nitrogens with zero attached hydrogens (tertiary/aromatic N) is 3. The summed E-state index contributed by atoms with van der Waals surface area (Å²) in [4.78, 5) is 0. The van der Waals surface area contributed by atoms with E-state index in [1.165, 1.54) is 0 Å². The van der Waals surface area contributed by atoms with E-state index in [1.807, 2.05) is 0 Å². The van der Waals surface area contributed by atoms with Crippen LogP contribution >= 0.6 is 15.9 Å². The van der Waals surface area contributed by atoms with Crippen molar-refractivity contribution in [1.82, 2.24) is 15.0 Å². The molecule has 2 aromatic rings. The van der Waals surface area contributed by atoms with E-state index in [0.717, 1.165) is 5.69 Å². The molecule has 0 aliphatic carbocycles. The molecule has 1 unspecified atom stereocenters.